The van der Waals surface area contributed by atoms with E-state index >= 15 is 0 Å². The van der Waals surface area contributed by atoms with Crippen molar-refractivity contribution in [1.29, 1.82) is 0 Å². The van der Waals surface area contributed by atoms with Crippen LogP contribution in [0.25, 0.3) is 0 Å². The number of halogens is 1. The molecule has 19 heavy (non-hydrogen) atoms. The SMILES string of the molecule is Cc1cccc(C(=O)NN=Cc2ccccc2Cl)n1. The summed E-state index contributed by atoms with van der Waals surface area (Å²) in [6, 6.07) is 12.5. The van der Waals surface area contributed by atoms with Gasteiger partial charge in [0.15, 0.2) is 0 Å². The van der Waals surface area contributed by atoms with Crippen LogP contribution in [0, 0.1) is 6.92 Å². The molecule has 0 aliphatic rings. The molecule has 2 rings (SSSR count). The van der Waals surface area contributed by atoms with E-state index in [4.69, 9.17) is 11.6 Å². The molecule has 0 radical (unpaired) electrons. The number of hydrogen-bond acceptors (Lipinski definition) is 3. The molecule has 1 amide bonds. The van der Waals surface area contributed by atoms with E-state index in [1.54, 1.807) is 18.2 Å². The van der Waals surface area contributed by atoms with Crippen molar-refractivity contribution in [2.45, 2.75) is 6.92 Å². The number of pyridine rings is 1. The van der Waals surface area contributed by atoms with Crippen molar-refractivity contribution in [3.05, 3.63) is 64.4 Å². The van der Waals surface area contributed by atoms with Gasteiger partial charge in [0.2, 0.25) is 0 Å². The van der Waals surface area contributed by atoms with Crippen LogP contribution in [0.4, 0.5) is 0 Å². The van der Waals surface area contributed by atoms with Crippen molar-refractivity contribution < 1.29 is 4.79 Å². The average Bonchev–Trinajstić information content (AvgIpc) is 2.41. The summed E-state index contributed by atoms with van der Waals surface area (Å²) in [5.74, 6) is -0.355. The maximum Gasteiger partial charge on any atom is 0.289 e. The molecule has 0 unspecified atom stereocenters. The van der Waals surface area contributed by atoms with Gasteiger partial charge < -0.3 is 0 Å². The zero-order chi connectivity index (χ0) is 13.7. The number of amides is 1. The van der Waals surface area contributed by atoms with Crippen LogP contribution in [0.2, 0.25) is 5.02 Å². The van der Waals surface area contributed by atoms with E-state index in [0.29, 0.717) is 10.7 Å². The van der Waals surface area contributed by atoms with Crippen LogP contribution in [0.1, 0.15) is 21.7 Å². The first-order valence-electron chi connectivity index (χ1n) is 5.68. The summed E-state index contributed by atoms with van der Waals surface area (Å²) < 4.78 is 0. The Morgan fingerprint density at radius 1 is 1.26 bits per heavy atom. The van der Waals surface area contributed by atoms with Crippen LogP contribution >= 0.6 is 11.6 Å². The largest absolute Gasteiger partial charge is 0.289 e. The van der Waals surface area contributed by atoms with E-state index in [2.05, 4.69) is 15.5 Å². The van der Waals surface area contributed by atoms with Crippen molar-refractivity contribution in [3.63, 3.8) is 0 Å². The van der Waals surface area contributed by atoms with E-state index in [1.165, 1.54) is 6.21 Å². The summed E-state index contributed by atoms with van der Waals surface area (Å²) in [5.41, 5.74) is 4.26. The highest BCUT2D eigenvalue weighted by molar-refractivity contribution is 6.33. The van der Waals surface area contributed by atoms with Crippen LogP contribution in [0.5, 0.6) is 0 Å². The third kappa shape index (κ3) is 3.63. The number of hydrogen-bond donors (Lipinski definition) is 1. The normalized spacial score (nSPS) is 10.6. The van der Waals surface area contributed by atoms with Crippen LogP contribution in [0.3, 0.4) is 0 Å². The number of carbonyl (C=O) groups is 1. The van der Waals surface area contributed by atoms with Gasteiger partial charge in [0.1, 0.15) is 5.69 Å². The molecular formula is C14H12ClN3O. The van der Waals surface area contributed by atoms with E-state index in [0.717, 1.165) is 11.3 Å². The Bertz CT molecular complexity index is 626. The molecule has 2 aromatic rings. The predicted octanol–water partition coefficient (Wildman–Crippen LogP) is 2.81. The first-order valence-corrected chi connectivity index (χ1v) is 6.06. The molecule has 1 aromatic heterocycles. The molecule has 0 bridgehead atoms. The fourth-order valence-corrected chi connectivity index (χ4v) is 1.65. The minimum absolute atomic E-state index is 0.330. The lowest BCUT2D eigenvalue weighted by molar-refractivity contribution is 0.0950. The summed E-state index contributed by atoms with van der Waals surface area (Å²) >= 11 is 5.96. The minimum atomic E-state index is -0.355. The smallest absolute Gasteiger partial charge is 0.266 e. The van der Waals surface area contributed by atoms with Gasteiger partial charge in [-0.1, -0.05) is 35.9 Å². The zero-order valence-corrected chi connectivity index (χ0v) is 11.1. The van der Waals surface area contributed by atoms with Gasteiger partial charge in [-0.3, -0.25) is 4.79 Å². The highest BCUT2D eigenvalue weighted by atomic mass is 35.5. The molecule has 0 fully saturated rings. The molecule has 0 saturated heterocycles. The van der Waals surface area contributed by atoms with Gasteiger partial charge >= 0.3 is 0 Å². The molecule has 0 aliphatic carbocycles. The molecule has 0 aliphatic heterocycles. The maximum atomic E-state index is 11.8. The molecule has 4 nitrogen and oxygen atoms in total. The number of hydrazone groups is 1. The zero-order valence-electron chi connectivity index (χ0n) is 10.3. The number of nitrogens with one attached hydrogen (secondary N) is 1. The van der Waals surface area contributed by atoms with Crippen molar-refractivity contribution in [3.8, 4) is 0 Å². The van der Waals surface area contributed by atoms with Gasteiger partial charge in [-0.25, -0.2) is 10.4 Å². The standard InChI is InChI=1S/C14H12ClN3O/c1-10-5-4-8-13(17-10)14(19)18-16-9-11-6-2-3-7-12(11)15/h2-9H,1H3,(H,18,19). The summed E-state index contributed by atoms with van der Waals surface area (Å²) in [7, 11) is 0. The highest BCUT2D eigenvalue weighted by Crippen LogP contribution is 2.12. The number of carbonyl (C=O) groups excluding carboxylic acids is 1. The molecule has 5 heteroatoms. The van der Waals surface area contributed by atoms with E-state index in [9.17, 15) is 4.79 Å². The Kier molecular flexibility index (Phi) is 4.26. The van der Waals surface area contributed by atoms with E-state index < -0.39 is 0 Å². The average molecular weight is 274 g/mol. The Morgan fingerprint density at radius 2 is 2.05 bits per heavy atom. The van der Waals surface area contributed by atoms with Gasteiger partial charge in [-0.15, -0.1) is 0 Å². The van der Waals surface area contributed by atoms with Gasteiger partial charge in [-0.05, 0) is 25.1 Å². The summed E-state index contributed by atoms with van der Waals surface area (Å²) in [5, 5.41) is 4.44. The van der Waals surface area contributed by atoms with Gasteiger partial charge in [-0.2, -0.15) is 5.10 Å². The Morgan fingerprint density at radius 3 is 2.79 bits per heavy atom. The van der Waals surface area contributed by atoms with Crippen molar-refractivity contribution in [2.75, 3.05) is 0 Å². The lowest BCUT2D eigenvalue weighted by Crippen LogP contribution is -2.19. The third-order valence-corrected chi connectivity index (χ3v) is 2.74. The third-order valence-electron chi connectivity index (χ3n) is 2.40. The van der Waals surface area contributed by atoms with Crippen molar-refractivity contribution in [1.82, 2.24) is 10.4 Å². The number of aromatic nitrogens is 1. The van der Waals surface area contributed by atoms with Gasteiger partial charge in [0, 0.05) is 16.3 Å². The number of rotatable bonds is 3. The number of benzene rings is 1. The lowest BCUT2D eigenvalue weighted by atomic mass is 10.2. The molecule has 0 saturated carbocycles. The molecule has 1 heterocycles. The Hall–Kier alpha value is -2.20. The summed E-state index contributed by atoms with van der Waals surface area (Å²) in [4.78, 5) is 15.9. The molecule has 1 N–H and O–H groups in total. The molecule has 96 valence electrons. The molecule has 0 atom stereocenters. The van der Waals surface area contributed by atoms with Crippen LogP contribution < -0.4 is 5.43 Å². The molecule has 1 aromatic carbocycles. The Balaban J connectivity index is 2.03. The van der Waals surface area contributed by atoms with E-state index in [-0.39, 0.29) is 5.91 Å². The van der Waals surface area contributed by atoms with Gasteiger partial charge in [0.25, 0.3) is 5.91 Å². The first kappa shape index (κ1) is 13.2. The summed E-state index contributed by atoms with van der Waals surface area (Å²) in [6.07, 6.45) is 1.50. The van der Waals surface area contributed by atoms with Crippen molar-refractivity contribution in [2.24, 2.45) is 5.10 Å². The fourth-order valence-electron chi connectivity index (χ4n) is 1.47. The maximum absolute atomic E-state index is 11.8. The molecular weight excluding hydrogens is 262 g/mol. The predicted molar refractivity (Wildman–Crippen MR) is 75.5 cm³/mol. The van der Waals surface area contributed by atoms with Crippen molar-refractivity contribution >= 4 is 23.7 Å². The molecule has 0 spiro atoms. The summed E-state index contributed by atoms with van der Waals surface area (Å²) in [6.45, 7) is 1.82. The fraction of sp³-hybridized carbons (Fsp3) is 0.0714. The second kappa shape index (κ2) is 6.11. The quantitative estimate of drug-likeness (QED) is 0.691. The highest BCUT2D eigenvalue weighted by Gasteiger charge is 2.05. The Labute approximate surface area is 116 Å². The second-order valence-electron chi connectivity index (χ2n) is 3.88. The monoisotopic (exact) mass is 273 g/mol. The number of nitrogens with zero attached hydrogens (tertiary/aromatic N) is 2. The number of aryl methyl sites for hydroxylation is 1. The van der Waals surface area contributed by atoms with Gasteiger partial charge in [0.05, 0.1) is 6.21 Å². The van der Waals surface area contributed by atoms with E-state index in [1.807, 2.05) is 31.2 Å². The topological polar surface area (TPSA) is 54.4 Å². The second-order valence-corrected chi connectivity index (χ2v) is 4.29. The van der Waals surface area contributed by atoms with Crippen LogP contribution in [-0.4, -0.2) is 17.1 Å². The van der Waals surface area contributed by atoms with Crippen LogP contribution in [0.15, 0.2) is 47.6 Å². The first-order chi connectivity index (χ1) is 9.16. The minimum Gasteiger partial charge on any atom is -0.266 e. The van der Waals surface area contributed by atoms with Crippen LogP contribution in [-0.2, 0) is 0 Å². The lowest BCUT2D eigenvalue weighted by Gasteiger charge is -2.00.